The molecule has 0 aromatic carbocycles. The minimum absolute atomic E-state index is 0.0169. The summed E-state index contributed by atoms with van der Waals surface area (Å²) in [5.74, 6) is -0.0239. The monoisotopic (exact) mass is 946 g/mol. The Morgan fingerprint density at radius 1 is 0.403 bits per heavy atom. The Bertz CT molecular complexity index is 1000. The molecule has 2 atom stereocenters. The van der Waals surface area contributed by atoms with E-state index in [0.717, 1.165) is 38.5 Å². The van der Waals surface area contributed by atoms with Crippen LogP contribution >= 0.6 is 0 Å². The average Bonchev–Trinajstić information content (AvgIpc) is 3.33. The van der Waals surface area contributed by atoms with Crippen LogP contribution in [0.15, 0.2) is 12.2 Å². The lowest BCUT2D eigenvalue weighted by atomic mass is 10.0. The molecular formula is C61H119NO5. The number of ether oxygens (including phenoxy) is 1. The first-order valence-electron chi connectivity index (χ1n) is 30.4. The molecule has 0 bridgehead atoms. The van der Waals surface area contributed by atoms with Crippen molar-refractivity contribution in [2.24, 2.45) is 0 Å². The summed E-state index contributed by atoms with van der Waals surface area (Å²) in [4.78, 5) is 24.5. The number of aliphatic hydroxyl groups is 2. The van der Waals surface area contributed by atoms with Crippen molar-refractivity contribution >= 4 is 11.9 Å². The third-order valence-electron chi connectivity index (χ3n) is 14.3. The van der Waals surface area contributed by atoms with Crippen LogP contribution in [0.2, 0.25) is 0 Å². The van der Waals surface area contributed by atoms with Crippen LogP contribution in [0.5, 0.6) is 0 Å². The molecule has 67 heavy (non-hydrogen) atoms. The molecule has 1 amide bonds. The van der Waals surface area contributed by atoms with Crippen molar-refractivity contribution in [3.05, 3.63) is 12.2 Å². The van der Waals surface area contributed by atoms with Crippen molar-refractivity contribution in [2.75, 3.05) is 13.2 Å². The molecule has 3 N–H and O–H groups in total. The van der Waals surface area contributed by atoms with Crippen LogP contribution in [0.1, 0.15) is 341 Å². The van der Waals surface area contributed by atoms with Crippen LogP contribution in [0.3, 0.4) is 0 Å². The van der Waals surface area contributed by atoms with Gasteiger partial charge in [-0.1, -0.05) is 289 Å². The van der Waals surface area contributed by atoms with Crippen LogP contribution in [-0.2, 0) is 14.3 Å². The summed E-state index contributed by atoms with van der Waals surface area (Å²) in [7, 11) is 0. The first kappa shape index (κ1) is 65.6. The van der Waals surface area contributed by atoms with E-state index in [1.807, 2.05) is 0 Å². The fraction of sp³-hybridized carbons (Fsp3) is 0.934. The maximum Gasteiger partial charge on any atom is 0.305 e. The number of unbranched alkanes of at least 4 members (excludes halogenated alkanes) is 44. The maximum absolute atomic E-state index is 12.4. The standard InChI is InChI=1S/C61H119NO5/c1-3-5-7-9-11-13-14-15-16-25-29-32-35-39-43-47-51-55-61(66)67-56-52-48-44-40-36-33-30-27-24-22-20-18-17-19-21-23-26-28-31-34-38-42-46-50-54-60(65)62-58(57-63)59(64)53-49-45-41-37-12-10-8-6-4-2/h19,21,58-59,63-64H,3-18,20,22-57H2,1-2H3,(H,62,65)/b21-19-. The van der Waals surface area contributed by atoms with E-state index in [1.165, 1.54) is 270 Å². The fourth-order valence-corrected chi connectivity index (χ4v) is 9.64. The predicted octanol–water partition coefficient (Wildman–Crippen LogP) is 18.9. The van der Waals surface area contributed by atoms with Crippen LogP contribution in [0, 0.1) is 0 Å². The van der Waals surface area contributed by atoms with Gasteiger partial charge in [-0.15, -0.1) is 0 Å². The van der Waals surface area contributed by atoms with Crippen molar-refractivity contribution in [1.29, 1.82) is 0 Å². The number of hydrogen-bond acceptors (Lipinski definition) is 5. The Hall–Kier alpha value is -1.40. The highest BCUT2D eigenvalue weighted by atomic mass is 16.5. The number of nitrogens with one attached hydrogen (secondary N) is 1. The van der Waals surface area contributed by atoms with Gasteiger partial charge in [-0.25, -0.2) is 0 Å². The predicted molar refractivity (Wildman–Crippen MR) is 292 cm³/mol. The lowest BCUT2D eigenvalue weighted by Crippen LogP contribution is -2.45. The summed E-state index contributed by atoms with van der Waals surface area (Å²) in [6.45, 7) is 4.95. The average molecular weight is 947 g/mol. The van der Waals surface area contributed by atoms with E-state index in [4.69, 9.17) is 4.74 Å². The van der Waals surface area contributed by atoms with Gasteiger partial charge in [-0.2, -0.15) is 0 Å². The van der Waals surface area contributed by atoms with Gasteiger partial charge in [-0.3, -0.25) is 9.59 Å². The Labute approximate surface area is 419 Å². The van der Waals surface area contributed by atoms with E-state index in [2.05, 4.69) is 31.3 Å². The molecule has 0 radical (unpaired) electrons. The summed E-state index contributed by atoms with van der Waals surface area (Å²) >= 11 is 0. The van der Waals surface area contributed by atoms with Gasteiger partial charge in [0.2, 0.25) is 5.91 Å². The van der Waals surface area contributed by atoms with Crippen molar-refractivity contribution < 1.29 is 24.5 Å². The molecule has 0 fully saturated rings. The van der Waals surface area contributed by atoms with Gasteiger partial charge in [0, 0.05) is 12.8 Å². The minimum Gasteiger partial charge on any atom is -0.466 e. The number of carbonyl (C=O) groups excluding carboxylic acids is 2. The van der Waals surface area contributed by atoms with Crippen molar-refractivity contribution in [1.82, 2.24) is 5.32 Å². The highest BCUT2D eigenvalue weighted by Crippen LogP contribution is 2.18. The first-order valence-corrected chi connectivity index (χ1v) is 30.4. The molecule has 0 saturated heterocycles. The van der Waals surface area contributed by atoms with E-state index in [0.29, 0.717) is 25.9 Å². The quantitative estimate of drug-likeness (QED) is 0.0321. The van der Waals surface area contributed by atoms with Gasteiger partial charge >= 0.3 is 5.97 Å². The lowest BCUT2D eigenvalue weighted by molar-refractivity contribution is -0.143. The number of allylic oxidation sites excluding steroid dienone is 2. The van der Waals surface area contributed by atoms with Gasteiger partial charge in [0.1, 0.15) is 0 Å². The van der Waals surface area contributed by atoms with E-state index in [-0.39, 0.29) is 18.5 Å². The zero-order chi connectivity index (χ0) is 48.6. The molecule has 0 heterocycles. The molecule has 0 aliphatic heterocycles. The minimum atomic E-state index is -0.664. The number of amides is 1. The van der Waals surface area contributed by atoms with Crippen LogP contribution in [-0.4, -0.2) is 47.4 Å². The van der Waals surface area contributed by atoms with Gasteiger partial charge in [-0.05, 0) is 51.4 Å². The molecule has 6 nitrogen and oxygen atoms in total. The molecule has 398 valence electrons. The Morgan fingerprint density at radius 2 is 0.701 bits per heavy atom. The SMILES string of the molecule is CCCCCCCCCCCCCCCCCCCC(=O)OCCCCCCCCCCCCCC/C=C\CCCCCCCCCCC(=O)NC(CO)C(O)CCCCCCCCCCC. The van der Waals surface area contributed by atoms with E-state index in [9.17, 15) is 19.8 Å². The third kappa shape index (κ3) is 53.8. The van der Waals surface area contributed by atoms with Gasteiger partial charge in [0.05, 0.1) is 25.4 Å². The number of rotatable bonds is 57. The van der Waals surface area contributed by atoms with E-state index in [1.54, 1.807) is 0 Å². The van der Waals surface area contributed by atoms with Gasteiger partial charge < -0.3 is 20.3 Å². The van der Waals surface area contributed by atoms with E-state index < -0.39 is 12.1 Å². The van der Waals surface area contributed by atoms with Crippen molar-refractivity contribution in [3.8, 4) is 0 Å². The summed E-state index contributed by atoms with van der Waals surface area (Å²) in [6.07, 6.45) is 68.0. The van der Waals surface area contributed by atoms with Crippen molar-refractivity contribution in [3.63, 3.8) is 0 Å². The number of carbonyl (C=O) groups is 2. The Balaban J connectivity index is 3.34. The molecule has 2 unspecified atom stereocenters. The molecule has 0 aliphatic carbocycles. The van der Waals surface area contributed by atoms with Crippen LogP contribution < -0.4 is 5.32 Å². The second-order valence-corrected chi connectivity index (χ2v) is 21.0. The normalized spacial score (nSPS) is 12.6. The van der Waals surface area contributed by atoms with Gasteiger partial charge in [0.15, 0.2) is 0 Å². The first-order chi connectivity index (χ1) is 33.0. The molecule has 0 aliphatic rings. The Morgan fingerprint density at radius 3 is 1.06 bits per heavy atom. The van der Waals surface area contributed by atoms with Crippen LogP contribution in [0.25, 0.3) is 0 Å². The second-order valence-electron chi connectivity index (χ2n) is 21.0. The maximum atomic E-state index is 12.4. The van der Waals surface area contributed by atoms with Gasteiger partial charge in [0.25, 0.3) is 0 Å². The van der Waals surface area contributed by atoms with Crippen LogP contribution in [0.4, 0.5) is 0 Å². The fourth-order valence-electron chi connectivity index (χ4n) is 9.64. The summed E-state index contributed by atoms with van der Waals surface area (Å²) < 4.78 is 5.50. The smallest absolute Gasteiger partial charge is 0.305 e. The molecular weight excluding hydrogens is 827 g/mol. The van der Waals surface area contributed by atoms with Crippen molar-refractivity contribution in [2.45, 2.75) is 353 Å². The molecule has 0 aromatic rings. The van der Waals surface area contributed by atoms with E-state index >= 15 is 0 Å². The number of aliphatic hydroxyl groups excluding tert-OH is 2. The zero-order valence-electron chi connectivity index (χ0n) is 45.4. The topological polar surface area (TPSA) is 95.9 Å². The Kier molecular flexibility index (Phi) is 56.0. The zero-order valence-corrected chi connectivity index (χ0v) is 45.4. The highest BCUT2D eigenvalue weighted by Gasteiger charge is 2.20. The molecule has 6 heteroatoms. The summed E-state index contributed by atoms with van der Waals surface area (Å²) in [5, 5.41) is 23.1. The summed E-state index contributed by atoms with van der Waals surface area (Å²) in [5.41, 5.74) is 0. The largest absolute Gasteiger partial charge is 0.466 e. The molecule has 0 aromatic heterocycles. The molecule has 0 spiro atoms. The second kappa shape index (κ2) is 57.2. The molecule has 0 rings (SSSR count). The number of esters is 1. The summed E-state index contributed by atoms with van der Waals surface area (Å²) in [6, 6.07) is -0.542. The molecule has 0 saturated carbocycles. The lowest BCUT2D eigenvalue weighted by Gasteiger charge is -2.22. The highest BCUT2D eigenvalue weighted by molar-refractivity contribution is 5.76. The number of hydrogen-bond donors (Lipinski definition) is 3. The third-order valence-corrected chi connectivity index (χ3v) is 14.3.